The van der Waals surface area contributed by atoms with Crippen LogP contribution in [0.1, 0.15) is 38.1 Å². The van der Waals surface area contributed by atoms with Gasteiger partial charge < -0.3 is 5.73 Å². The summed E-state index contributed by atoms with van der Waals surface area (Å²) in [6.07, 6.45) is 2.03. The number of nitrogens with two attached hydrogens (primary N) is 1. The highest BCUT2D eigenvalue weighted by Gasteiger charge is 2.33. The van der Waals surface area contributed by atoms with E-state index in [0.717, 1.165) is 55.4 Å². The summed E-state index contributed by atoms with van der Waals surface area (Å²) in [5.41, 5.74) is 7.89. The zero-order valence-corrected chi connectivity index (χ0v) is 14.0. The maximum Gasteiger partial charge on any atom is 0.0860 e. The molecule has 0 spiro atoms. The predicted octanol–water partition coefficient (Wildman–Crippen LogP) is 2.75. The second-order valence-corrected chi connectivity index (χ2v) is 6.68. The summed E-state index contributed by atoms with van der Waals surface area (Å²) in [6.45, 7) is 9.91. The van der Waals surface area contributed by atoms with Crippen molar-refractivity contribution in [2.24, 2.45) is 11.1 Å². The van der Waals surface area contributed by atoms with Crippen molar-refractivity contribution in [2.45, 2.75) is 46.7 Å². The van der Waals surface area contributed by atoms with Crippen molar-refractivity contribution >= 4 is 28.8 Å². The summed E-state index contributed by atoms with van der Waals surface area (Å²) in [5.74, 6) is 0. The molecule has 1 aromatic heterocycles. The smallest absolute Gasteiger partial charge is 0.0860 e. The summed E-state index contributed by atoms with van der Waals surface area (Å²) in [6, 6.07) is 0. The van der Waals surface area contributed by atoms with E-state index < -0.39 is 0 Å². The summed E-state index contributed by atoms with van der Waals surface area (Å²) in [4.78, 5) is 3.05. The van der Waals surface area contributed by atoms with E-state index in [1.165, 1.54) is 0 Å². The number of thiocarbonyl (C=S) groups is 1. The monoisotopic (exact) mass is 314 g/mol. The summed E-state index contributed by atoms with van der Waals surface area (Å²) < 4.78 is 2.00. The molecular weight excluding hydrogens is 292 g/mol. The molecule has 0 saturated carbocycles. The van der Waals surface area contributed by atoms with Crippen LogP contribution in [0.15, 0.2) is 0 Å². The van der Waals surface area contributed by atoms with Gasteiger partial charge in [0.15, 0.2) is 0 Å². The second-order valence-electron chi connectivity index (χ2n) is 5.86. The van der Waals surface area contributed by atoms with Gasteiger partial charge in [0.25, 0.3) is 0 Å². The Labute approximate surface area is 131 Å². The van der Waals surface area contributed by atoms with Gasteiger partial charge in [-0.3, -0.25) is 9.58 Å². The molecule has 2 rings (SSSR count). The lowest BCUT2D eigenvalue weighted by Crippen LogP contribution is -2.44. The Morgan fingerprint density at radius 1 is 1.45 bits per heavy atom. The van der Waals surface area contributed by atoms with Crippen molar-refractivity contribution < 1.29 is 0 Å². The van der Waals surface area contributed by atoms with E-state index in [4.69, 9.17) is 29.6 Å². The standard InChI is InChI=1S/C14H23ClN4S/c1-4-19-11(12(15)10(2)17-19)9-18-7-5-14(3,6-8-18)13(16)20/h4-9H2,1-3H3,(H2,16,20). The van der Waals surface area contributed by atoms with Crippen LogP contribution in [0.2, 0.25) is 5.02 Å². The molecule has 1 aliphatic heterocycles. The van der Waals surface area contributed by atoms with Crippen LogP contribution in [0.25, 0.3) is 0 Å². The highest BCUT2D eigenvalue weighted by atomic mass is 35.5. The van der Waals surface area contributed by atoms with E-state index in [-0.39, 0.29) is 5.41 Å². The number of halogens is 1. The molecule has 1 aromatic rings. The highest BCUT2D eigenvalue weighted by molar-refractivity contribution is 7.80. The van der Waals surface area contributed by atoms with Crippen molar-refractivity contribution in [2.75, 3.05) is 13.1 Å². The van der Waals surface area contributed by atoms with Gasteiger partial charge in [0.2, 0.25) is 0 Å². The Morgan fingerprint density at radius 2 is 2.05 bits per heavy atom. The number of likely N-dealkylation sites (tertiary alicyclic amines) is 1. The molecule has 0 radical (unpaired) electrons. The van der Waals surface area contributed by atoms with E-state index in [1.54, 1.807) is 0 Å². The second kappa shape index (κ2) is 6.00. The molecule has 20 heavy (non-hydrogen) atoms. The average Bonchev–Trinajstić information content (AvgIpc) is 2.69. The first-order valence-electron chi connectivity index (χ1n) is 7.11. The predicted molar refractivity (Wildman–Crippen MR) is 87.1 cm³/mol. The third kappa shape index (κ3) is 3.00. The van der Waals surface area contributed by atoms with Gasteiger partial charge in [-0.05, 0) is 39.8 Å². The molecule has 1 aliphatic rings. The Bertz CT molecular complexity index is 504. The number of piperidine rings is 1. The SMILES string of the molecule is CCn1nc(C)c(Cl)c1CN1CCC(C)(C(N)=S)CC1. The van der Waals surface area contributed by atoms with Gasteiger partial charge in [0, 0.05) is 18.5 Å². The quantitative estimate of drug-likeness (QED) is 0.868. The van der Waals surface area contributed by atoms with Crippen LogP contribution in [0, 0.1) is 12.3 Å². The molecule has 2 heterocycles. The maximum atomic E-state index is 6.37. The van der Waals surface area contributed by atoms with E-state index >= 15 is 0 Å². The third-order valence-electron chi connectivity index (χ3n) is 4.38. The van der Waals surface area contributed by atoms with Crippen molar-refractivity contribution in [1.82, 2.24) is 14.7 Å². The van der Waals surface area contributed by atoms with E-state index in [1.807, 2.05) is 11.6 Å². The van der Waals surface area contributed by atoms with Crippen LogP contribution in [0.3, 0.4) is 0 Å². The van der Waals surface area contributed by atoms with Gasteiger partial charge in [-0.15, -0.1) is 0 Å². The molecule has 0 unspecified atom stereocenters. The molecule has 0 amide bonds. The van der Waals surface area contributed by atoms with Crippen LogP contribution < -0.4 is 5.73 Å². The van der Waals surface area contributed by atoms with Crippen LogP contribution in [0.4, 0.5) is 0 Å². The van der Waals surface area contributed by atoms with Crippen molar-refractivity contribution in [3.63, 3.8) is 0 Å². The third-order valence-corrected chi connectivity index (χ3v) is 5.37. The molecular formula is C14H23ClN4S. The fourth-order valence-corrected chi connectivity index (χ4v) is 3.08. The molecule has 1 saturated heterocycles. The van der Waals surface area contributed by atoms with Crippen molar-refractivity contribution in [3.8, 4) is 0 Å². The van der Waals surface area contributed by atoms with Crippen molar-refractivity contribution in [1.29, 1.82) is 0 Å². The summed E-state index contributed by atoms with van der Waals surface area (Å²) >= 11 is 11.6. The van der Waals surface area contributed by atoms with E-state index in [2.05, 4.69) is 23.8 Å². The molecule has 0 aromatic carbocycles. The Kier molecular flexibility index (Phi) is 4.72. The van der Waals surface area contributed by atoms with Crippen molar-refractivity contribution in [3.05, 3.63) is 16.4 Å². The number of nitrogens with zero attached hydrogens (tertiary/aromatic N) is 3. The van der Waals surface area contributed by atoms with E-state index in [9.17, 15) is 0 Å². The highest BCUT2D eigenvalue weighted by Crippen LogP contribution is 2.32. The molecule has 2 N–H and O–H groups in total. The first-order chi connectivity index (χ1) is 9.37. The zero-order valence-electron chi connectivity index (χ0n) is 12.4. The number of hydrogen-bond acceptors (Lipinski definition) is 3. The van der Waals surface area contributed by atoms with Gasteiger partial charge in [-0.2, -0.15) is 5.10 Å². The van der Waals surface area contributed by atoms with E-state index in [0.29, 0.717) is 4.99 Å². The molecule has 0 bridgehead atoms. The maximum absolute atomic E-state index is 6.37. The largest absolute Gasteiger partial charge is 0.393 e. The van der Waals surface area contributed by atoms with Crippen LogP contribution in [-0.4, -0.2) is 32.8 Å². The van der Waals surface area contributed by atoms with Gasteiger partial charge >= 0.3 is 0 Å². The molecule has 112 valence electrons. The molecule has 0 aliphatic carbocycles. The normalized spacial score (nSPS) is 19.2. The molecule has 1 fully saturated rings. The lowest BCUT2D eigenvalue weighted by atomic mass is 9.80. The number of aromatic nitrogens is 2. The number of aryl methyl sites for hydroxylation is 2. The van der Waals surface area contributed by atoms with Gasteiger partial charge in [0.05, 0.1) is 21.4 Å². The minimum absolute atomic E-state index is 0.0105. The summed E-state index contributed by atoms with van der Waals surface area (Å²) in [5, 5.41) is 5.27. The first-order valence-corrected chi connectivity index (χ1v) is 7.90. The first kappa shape index (κ1) is 15.7. The topological polar surface area (TPSA) is 47.1 Å². The van der Waals surface area contributed by atoms with Crippen LogP contribution in [0.5, 0.6) is 0 Å². The van der Waals surface area contributed by atoms with Crippen LogP contribution >= 0.6 is 23.8 Å². The lowest BCUT2D eigenvalue weighted by Gasteiger charge is -2.38. The summed E-state index contributed by atoms with van der Waals surface area (Å²) in [7, 11) is 0. The minimum atomic E-state index is 0.0105. The lowest BCUT2D eigenvalue weighted by molar-refractivity contribution is 0.154. The number of hydrogen-bond donors (Lipinski definition) is 1. The Morgan fingerprint density at radius 3 is 2.55 bits per heavy atom. The zero-order chi connectivity index (χ0) is 14.9. The fraction of sp³-hybridized carbons (Fsp3) is 0.714. The van der Waals surface area contributed by atoms with Gasteiger partial charge in [-0.25, -0.2) is 0 Å². The van der Waals surface area contributed by atoms with Gasteiger partial charge in [-0.1, -0.05) is 30.7 Å². The van der Waals surface area contributed by atoms with Gasteiger partial charge in [0.1, 0.15) is 0 Å². The Hall–Kier alpha value is -0.650. The Balaban J connectivity index is 2.05. The van der Waals surface area contributed by atoms with Crippen LogP contribution in [-0.2, 0) is 13.1 Å². The number of rotatable bonds is 4. The molecule has 4 nitrogen and oxygen atoms in total. The molecule has 0 atom stereocenters. The average molecular weight is 315 g/mol. The fourth-order valence-electron chi connectivity index (χ4n) is 2.68. The minimum Gasteiger partial charge on any atom is -0.393 e. The molecule has 6 heteroatoms.